The molecule has 0 aromatic heterocycles. The molecule has 0 amide bonds. The van der Waals surface area contributed by atoms with E-state index in [2.05, 4.69) is 48.1 Å². The lowest BCUT2D eigenvalue weighted by Crippen LogP contribution is -2.37. The number of benzene rings is 1. The Labute approximate surface area is 119 Å². The smallest absolute Gasteiger partial charge is 0.125 e. The van der Waals surface area contributed by atoms with Gasteiger partial charge < -0.3 is 5.32 Å². The van der Waals surface area contributed by atoms with Crippen molar-refractivity contribution in [3.8, 4) is 6.07 Å². The Bertz CT molecular complexity index is 407. The fourth-order valence-electron chi connectivity index (χ4n) is 1.99. The largest absolute Gasteiger partial charge is 0.367 e. The Balaban J connectivity index is 2.85. The van der Waals surface area contributed by atoms with Crippen molar-refractivity contribution in [3.05, 3.63) is 28.7 Å². The van der Waals surface area contributed by atoms with Gasteiger partial charge in [0.25, 0.3) is 0 Å². The number of nitrogens with one attached hydrogen (secondary N) is 1. The molecule has 1 N–H and O–H groups in total. The van der Waals surface area contributed by atoms with Gasteiger partial charge in [-0.2, -0.15) is 5.26 Å². The van der Waals surface area contributed by atoms with E-state index in [0.717, 1.165) is 29.4 Å². The topological polar surface area (TPSA) is 35.8 Å². The van der Waals surface area contributed by atoms with E-state index in [1.165, 1.54) is 0 Å². The molecular weight excluding hydrogens is 288 g/mol. The summed E-state index contributed by atoms with van der Waals surface area (Å²) in [6.07, 6.45) is 2.79. The maximum Gasteiger partial charge on any atom is 0.125 e. The normalized spacial score (nSPS) is 15.5. The maximum absolute atomic E-state index is 9.52. The van der Waals surface area contributed by atoms with Crippen LogP contribution in [0.3, 0.4) is 0 Å². The summed E-state index contributed by atoms with van der Waals surface area (Å²) in [4.78, 5) is 0. The van der Waals surface area contributed by atoms with Crippen LogP contribution in [0.25, 0.3) is 0 Å². The second kappa shape index (κ2) is 6.80. The van der Waals surface area contributed by atoms with E-state index >= 15 is 0 Å². The number of nitriles is 1. The minimum absolute atomic E-state index is 0.455. The third kappa shape index (κ3) is 4.03. The van der Waals surface area contributed by atoms with Crippen LogP contribution < -0.4 is 5.32 Å². The Hall–Kier alpha value is -1.01. The molecule has 0 aliphatic carbocycles. The van der Waals surface area contributed by atoms with Crippen LogP contribution >= 0.6 is 15.9 Å². The summed E-state index contributed by atoms with van der Waals surface area (Å²) < 4.78 is 1.05. The number of rotatable bonds is 6. The lowest BCUT2D eigenvalue weighted by molar-refractivity contribution is 0.404. The van der Waals surface area contributed by atoms with Crippen molar-refractivity contribution >= 4 is 21.6 Å². The molecule has 98 valence electrons. The second-order valence-corrected chi connectivity index (χ2v) is 5.81. The van der Waals surface area contributed by atoms with Crippen molar-refractivity contribution in [1.29, 1.82) is 5.26 Å². The molecule has 2 nitrogen and oxygen atoms in total. The van der Waals surface area contributed by atoms with Crippen LogP contribution in [0.1, 0.15) is 40.0 Å². The third-order valence-corrected chi connectivity index (χ3v) is 3.97. The predicted molar refractivity (Wildman–Crippen MR) is 80.5 cm³/mol. The molecule has 0 saturated carbocycles. The molecule has 2 unspecified atom stereocenters. The molecule has 18 heavy (non-hydrogen) atoms. The van der Waals surface area contributed by atoms with Crippen LogP contribution in [0.5, 0.6) is 0 Å². The van der Waals surface area contributed by atoms with Gasteiger partial charge in [0.2, 0.25) is 0 Å². The van der Waals surface area contributed by atoms with Crippen LogP contribution in [0.15, 0.2) is 28.7 Å². The van der Waals surface area contributed by atoms with Gasteiger partial charge in [0.05, 0.1) is 6.07 Å². The van der Waals surface area contributed by atoms with Crippen LogP contribution in [0, 0.1) is 17.2 Å². The summed E-state index contributed by atoms with van der Waals surface area (Å²) in [6, 6.07) is 10.5. The molecule has 0 spiro atoms. The van der Waals surface area contributed by atoms with Gasteiger partial charge in [-0.05, 0) is 43.0 Å². The van der Waals surface area contributed by atoms with Gasteiger partial charge in [-0.25, -0.2) is 0 Å². The molecule has 2 atom stereocenters. The number of nitrogens with zero attached hydrogens (tertiary/aromatic N) is 1. The first-order chi connectivity index (χ1) is 8.55. The summed E-state index contributed by atoms with van der Waals surface area (Å²) in [5.41, 5.74) is 0.549. The first kappa shape index (κ1) is 15.0. The van der Waals surface area contributed by atoms with E-state index in [1.54, 1.807) is 0 Å². The predicted octanol–water partition coefficient (Wildman–Crippen LogP) is 4.97. The molecule has 0 radical (unpaired) electrons. The number of hydrogen-bond acceptors (Lipinski definition) is 2. The SMILES string of the molecule is CCC(C)CC(C#N)(CC)Nc1ccc(Br)cc1. The molecular formula is C15H21BrN2. The van der Waals surface area contributed by atoms with Crippen LogP contribution in [0.4, 0.5) is 5.69 Å². The van der Waals surface area contributed by atoms with Crippen molar-refractivity contribution in [3.63, 3.8) is 0 Å². The zero-order chi connectivity index (χ0) is 13.6. The molecule has 0 bridgehead atoms. The van der Waals surface area contributed by atoms with E-state index in [1.807, 2.05) is 24.3 Å². The first-order valence-electron chi connectivity index (χ1n) is 6.50. The van der Waals surface area contributed by atoms with Crippen LogP contribution in [-0.4, -0.2) is 5.54 Å². The van der Waals surface area contributed by atoms with Gasteiger partial charge in [-0.1, -0.05) is 43.1 Å². The highest BCUT2D eigenvalue weighted by Crippen LogP contribution is 2.27. The summed E-state index contributed by atoms with van der Waals surface area (Å²) in [5.74, 6) is 0.549. The Morgan fingerprint density at radius 1 is 1.33 bits per heavy atom. The van der Waals surface area contributed by atoms with Gasteiger partial charge in [0, 0.05) is 10.2 Å². The number of halogens is 1. The minimum atomic E-state index is -0.455. The molecule has 3 heteroatoms. The van der Waals surface area contributed by atoms with E-state index in [4.69, 9.17) is 0 Å². The van der Waals surface area contributed by atoms with E-state index < -0.39 is 5.54 Å². The van der Waals surface area contributed by atoms with Crippen LogP contribution in [-0.2, 0) is 0 Å². The maximum atomic E-state index is 9.52. The van der Waals surface area contributed by atoms with E-state index in [-0.39, 0.29) is 0 Å². The average molecular weight is 309 g/mol. The fraction of sp³-hybridized carbons (Fsp3) is 0.533. The molecule has 0 aliphatic heterocycles. The lowest BCUT2D eigenvalue weighted by atomic mass is 9.85. The van der Waals surface area contributed by atoms with Crippen molar-refractivity contribution in [1.82, 2.24) is 0 Å². The van der Waals surface area contributed by atoms with Gasteiger partial charge in [0.1, 0.15) is 5.54 Å². The van der Waals surface area contributed by atoms with Gasteiger partial charge in [-0.3, -0.25) is 0 Å². The Morgan fingerprint density at radius 3 is 2.39 bits per heavy atom. The average Bonchev–Trinajstić information content (AvgIpc) is 2.40. The van der Waals surface area contributed by atoms with Gasteiger partial charge >= 0.3 is 0 Å². The van der Waals surface area contributed by atoms with Crippen molar-refractivity contribution in [2.75, 3.05) is 5.32 Å². The zero-order valence-corrected chi connectivity index (χ0v) is 12.9. The standard InChI is InChI=1S/C15H21BrN2/c1-4-12(3)10-15(5-2,11-17)18-14-8-6-13(16)7-9-14/h6-9,12,18H,4-5,10H2,1-3H3. The minimum Gasteiger partial charge on any atom is -0.367 e. The highest BCUT2D eigenvalue weighted by molar-refractivity contribution is 9.10. The molecule has 1 aromatic rings. The summed E-state index contributed by atoms with van der Waals surface area (Å²) in [7, 11) is 0. The summed E-state index contributed by atoms with van der Waals surface area (Å²) in [5, 5.41) is 12.9. The van der Waals surface area contributed by atoms with E-state index in [9.17, 15) is 5.26 Å². The Kier molecular flexibility index (Phi) is 5.68. The summed E-state index contributed by atoms with van der Waals surface area (Å²) >= 11 is 3.42. The molecule has 1 rings (SSSR count). The van der Waals surface area contributed by atoms with Crippen molar-refractivity contribution in [2.24, 2.45) is 5.92 Å². The molecule has 0 heterocycles. The molecule has 0 aliphatic rings. The molecule has 0 fully saturated rings. The lowest BCUT2D eigenvalue weighted by Gasteiger charge is -2.30. The van der Waals surface area contributed by atoms with Gasteiger partial charge in [0.15, 0.2) is 0 Å². The Morgan fingerprint density at radius 2 is 1.94 bits per heavy atom. The van der Waals surface area contributed by atoms with Crippen LogP contribution in [0.2, 0.25) is 0 Å². The fourth-order valence-corrected chi connectivity index (χ4v) is 2.25. The highest BCUT2D eigenvalue weighted by atomic mass is 79.9. The van der Waals surface area contributed by atoms with Crippen molar-refractivity contribution < 1.29 is 0 Å². The van der Waals surface area contributed by atoms with Crippen molar-refractivity contribution in [2.45, 2.75) is 45.6 Å². The first-order valence-corrected chi connectivity index (χ1v) is 7.29. The molecule has 0 saturated heterocycles. The zero-order valence-electron chi connectivity index (χ0n) is 11.3. The highest BCUT2D eigenvalue weighted by Gasteiger charge is 2.29. The number of hydrogen-bond donors (Lipinski definition) is 1. The monoisotopic (exact) mass is 308 g/mol. The van der Waals surface area contributed by atoms with E-state index in [0.29, 0.717) is 5.92 Å². The summed E-state index contributed by atoms with van der Waals surface area (Å²) in [6.45, 7) is 6.44. The van der Waals surface area contributed by atoms with Gasteiger partial charge in [-0.15, -0.1) is 0 Å². The quantitative estimate of drug-likeness (QED) is 0.805. The third-order valence-electron chi connectivity index (χ3n) is 3.44. The second-order valence-electron chi connectivity index (χ2n) is 4.90. The molecule has 1 aromatic carbocycles. The number of anilines is 1.